The molecule has 98 valence electrons. The Morgan fingerprint density at radius 3 is 3.00 bits per heavy atom. The molecule has 0 bridgehead atoms. The SMILES string of the molecule is COc1ccc(C(=O)N2CCCC2CCl)cc1Br. The van der Waals surface area contributed by atoms with Gasteiger partial charge in [0.2, 0.25) is 0 Å². The number of hydrogen-bond acceptors (Lipinski definition) is 2. The lowest BCUT2D eigenvalue weighted by molar-refractivity contribution is 0.0749. The van der Waals surface area contributed by atoms with Crippen molar-refractivity contribution in [2.45, 2.75) is 18.9 Å². The Hall–Kier alpha value is -0.740. The van der Waals surface area contributed by atoms with E-state index < -0.39 is 0 Å². The summed E-state index contributed by atoms with van der Waals surface area (Å²) in [7, 11) is 1.60. The van der Waals surface area contributed by atoms with E-state index in [0.717, 1.165) is 29.6 Å². The van der Waals surface area contributed by atoms with Crippen molar-refractivity contribution in [3.63, 3.8) is 0 Å². The number of hydrogen-bond donors (Lipinski definition) is 0. The van der Waals surface area contributed by atoms with Gasteiger partial charge in [0.25, 0.3) is 5.91 Å². The minimum atomic E-state index is 0.0431. The van der Waals surface area contributed by atoms with Crippen LogP contribution in [0.4, 0.5) is 0 Å². The number of carbonyl (C=O) groups is 1. The van der Waals surface area contributed by atoms with E-state index in [0.29, 0.717) is 11.4 Å². The van der Waals surface area contributed by atoms with E-state index in [1.807, 2.05) is 4.90 Å². The molecule has 1 aromatic rings. The van der Waals surface area contributed by atoms with Crippen LogP contribution in [0.5, 0.6) is 5.75 Å². The Balaban J connectivity index is 2.21. The zero-order valence-corrected chi connectivity index (χ0v) is 12.5. The molecule has 1 aliphatic rings. The fourth-order valence-electron chi connectivity index (χ4n) is 2.23. The minimum Gasteiger partial charge on any atom is -0.496 e. The predicted octanol–water partition coefficient (Wildman–Crippen LogP) is 3.30. The van der Waals surface area contributed by atoms with E-state index in [1.54, 1.807) is 25.3 Å². The maximum atomic E-state index is 12.4. The number of ether oxygens (including phenoxy) is 1. The molecule has 1 aliphatic heterocycles. The van der Waals surface area contributed by atoms with Gasteiger partial charge in [0, 0.05) is 24.0 Å². The van der Waals surface area contributed by atoms with Gasteiger partial charge < -0.3 is 9.64 Å². The Morgan fingerprint density at radius 1 is 1.61 bits per heavy atom. The molecule has 0 saturated carbocycles. The smallest absolute Gasteiger partial charge is 0.254 e. The van der Waals surface area contributed by atoms with Crippen molar-refractivity contribution in [1.82, 2.24) is 4.90 Å². The molecule has 1 heterocycles. The average Bonchev–Trinajstić information content (AvgIpc) is 2.86. The van der Waals surface area contributed by atoms with Gasteiger partial charge >= 0.3 is 0 Å². The quantitative estimate of drug-likeness (QED) is 0.795. The number of nitrogens with zero attached hydrogens (tertiary/aromatic N) is 1. The summed E-state index contributed by atoms with van der Waals surface area (Å²) in [5, 5.41) is 0. The van der Waals surface area contributed by atoms with Crippen molar-refractivity contribution in [3.05, 3.63) is 28.2 Å². The van der Waals surface area contributed by atoms with Crippen LogP contribution in [0.1, 0.15) is 23.2 Å². The van der Waals surface area contributed by atoms with Gasteiger partial charge in [-0.25, -0.2) is 0 Å². The summed E-state index contributed by atoms with van der Waals surface area (Å²) in [4.78, 5) is 14.2. The second-order valence-electron chi connectivity index (χ2n) is 4.30. The highest BCUT2D eigenvalue weighted by Gasteiger charge is 2.28. The number of benzene rings is 1. The van der Waals surface area contributed by atoms with Crippen LogP contribution in [0, 0.1) is 0 Å². The number of carbonyl (C=O) groups excluding carboxylic acids is 1. The normalized spacial score (nSPS) is 19.1. The number of rotatable bonds is 3. The van der Waals surface area contributed by atoms with Gasteiger partial charge in [0.1, 0.15) is 5.75 Å². The van der Waals surface area contributed by atoms with Gasteiger partial charge in [-0.15, -0.1) is 11.6 Å². The van der Waals surface area contributed by atoms with Crippen LogP contribution >= 0.6 is 27.5 Å². The van der Waals surface area contributed by atoms with Crippen LogP contribution in [0.25, 0.3) is 0 Å². The molecule has 1 aromatic carbocycles. The number of likely N-dealkylation sites (tertiary alicyclic amines) is 1. The molecule has 1 saturated heterocycles. The van der Waals surface area contributed by atoms with Gasteiger partial charge in [0.15, 0.2) is 0 Å². The molecule has 3 nitrogen and oxygen atoms in total. The van der Waals surface area contributed by atoms with Gasteiger partial charge in [-0.05, 0) is 47.0 Å². The van der Waals surface area contributed by atoms with E-state index >= 15 is 0 Å². The highest BCUT2D eigenvalue weighted by atomic mass is 79.9. The largest absolute Gasteiger partial charge is 0.496 e. The summed E-state index contributed by atoms with van der Waals surface area (Å²) in [5.41, 5.74) is 0.666. The molecule has 2 rings (SSSR count). The molecule has 18 heavy (non-hydrogen) atoms. The summed E-state index contributed by atoms with van der Waals surface area (Å²) in [6.07, 6.45) is 2.02. The molecule has 5 heteroatoms. The lowest BCUT2D eigenvalue weighted by atomic mass is 10.1. The second-order valence-corrected chi connectivity index (χ2v) is 5.46. The van der Waals surface area contributed by atoms with Crippen molar-refractivity contribution in [3.8, 4) is 5.75 Å². The van der Waals surface area contributed by atoms with E-state index in [1.165, 1.54) is 0 Å². The first-order valence-corrected chi connectivity index (χ1v) is 7.20. The number of methoxy groups -OCH3 is 1. The maximum absolute atomic E-state index is 12.4. The summed E-state index contributed by atoms with van der Waals surface area (Å²) in [6.45, 7) is 0.792. The minimum absolute atomic E-state index is 0.0431. The topological polar surface area (TPSA) is 29.5 Å². The Bertz CT molecular complexity index is 453. The number of alkyl halides is 1. The first-order chi connectivity index (χ1) is 8.67. The lowest BCUT2D eigenvalue weighted by Crippen LogP contribution is -2.36. The maximum Gasteiger partial charge on any atom is 0.254 e. The number of amides is 1. The van der Waals surface area contributed by atoms with E-state index in [9.17, 15) is 4.79 Å². The van der Waals surface area contributed by atoms with Gasteiger partial charge in [-0.3, -0.25) is 4.79 Å². The molecule has 0 N–H and O–H groups in total. The standard InChI is InChI=1S/C13H15BrClNO2/c1-18-12-5-4-9(7-11(12)14)13(17)16-6-2-3-10(16)8-15/h4-5,7,10H,2-3,6,8H2,1H3. The molecular formula is C13H15BrClNO2. The molecular weight excluding hydrogens is 318 g/mol. The molecule has 1 atom stereocenters. The van der Waals surface area contributed by atoms with Crippen LogP contribution in [0.15, 0.2) is 22.7 Å². The van der Waals surface area contributed by atoms with Gasteiger partial charge in [-0.1, -0.05) is 0 Å². The second kappa shape index (κ2) is 5.93. The summed E-state index contributed by atoms with van der Waals surface area (Å²) < 4.78 is 5.94. The van der Waals surface area contributed by atoms with E-state index in [4.69, 9.17) is 16.3 Å². The zero-order valence-electron chi connectivity index (χ0n) is 10.2. The third-order valence-corrected chi connectivity index (χ3v) is 4.19. The first kappa shape index (κ1) is 13.7. The van der Waals surface area contributed by atoms with Crippen molar-refractivity contribution < 1.29 is 9.53 Å². The van der Waals surface area contributed by atoms with Crippen LogP contribution in [-0.4, -0.2) is 36.4 Å². The predicted molar refractivity (Wildman–Crippen MR) is 75.5 cm³/mol. The van der Waals surface area contributed by atoms with Gasteiger partial charge in [0.05, 0.1) is 11.6 Å². The molecule has 1 amide bonds. The van der Waals surface area contributed by atoms with Crippen molar-refractivity contribution in [2.24, 2.45) is 0 Å². The van der Waals surface area contributed by atoms with E-state index in [2.05, 4.69) is 15.9 Å². The van der Waals surface area contributed by atoms with Crippen molar-refractivity contribution in [1.29, 1.82) is 0 Å². The third-order valence-electron chi connectivity index (χ3n) is 3.21. The molecule has 1 unspecified atom stereocenters. The van der Waals surface area contributed by atoms with Crippen LogP contribution in [-0.2, 0) is 0 Å². The fraction of sp³-hybridized carbons (Fsp3) is 0.462. The third kappa shape index (κ3) is 2.64. The molecule has 0 aromatic heterocycles. The fourth-order valence-corrected chi connectivity index (χ4v) is 3.09. The summed E-state index contributed by atoms with van der Waals surface area (Å²) >= 11 is 9.28. The highest BCUT2D eigenvalue weighted by Crippen LogP contribution is 2.27. The molecule has 1 fully saturated rings. The zero-order chi connectivity index (χ0) is 13.1. The monoisotopic (exact) mass is 331 g/mol. The first-order valence-electron chi connectivity index (χ1n) is 5.88. The van der Waals surface area contributed by atoms with Gasteiger partial charge in [-0.2, -0.15) is 0 Å². The summed E-state index contributed by atoms with van der Waals surface area (Å²) in [6, 6.07) is 5.55. The van der Waals surface area contributed by atoms with Crippen LogP contribution in [0.2, 0.25) is 0 Å². The summed E-state index contributed by atoms with van der Waals surface area (Å²) in [5.74, 6) is 1.27. The van der Waals surface area contributed by atoms with Crippen molar-refractivity contribution >= 4 is 33.4 Å². The molecule has 0 spiro atoms. The Labute approximate surface area is 120 Å². The van der Waals surface area contributed by atoms with E-state index in [-0.39, 0.29) is 11.9 Å². The van der Waals surface area contributed by atoms with Crippen LogP contribution < -0.4 is 4.74 Å². The highest BCUT2D eigenvalue weighted by molar-refractivity contribution is 9.10. The lowest BCUT2D eigenvalue weighted by Gasteiger charge is -2.23. The molecule has 0 radical (unpaired) electrons. The Morgan fingerprint density at radius 2 is 2.39 bits per heavy atom. The molecule has 0 aliphatic carbocycles. The van der Waals surface area contributed by atoms with Crippen LogP contribution in [0.3, 0.4) is 0 Å². The van der Waals surface area contributed by atoms with Crippen molar-refractivity contribution in [2.75, 3.05) is 19.5 Å². The number of halogens is 2. The average molecular weight is 333 g/mol. The Kier molecular flexibility index (Phi) is 4.51.